The molecule has 0 aromatic carbocycles. The van der Waals surface area contributed by atoms with Crippen molar-refractivity contribution in [1.82, 2.24) is 5.32 Å². The van der Waals surface area contributed by atoms with Crippen LogP contribution in [-0.2, 0) is 4.79 Å². The number of allylic oxidation sites excluding steroid dienone is 1. The van der Waals surface area contributed by atoms with Gasteiger partial charge in [0.2, 0.25) is 5.78 Å². The van der Waals surface area contributed by atoms with Gasteiger partial charge in [-0.1, -0.05) is 19.3 Å². The molecular weight excluding hydrogens is 196 g/mol. The molecule has 0 aromatic rings. The molecule has 1 rings (SSSR count). The first-order valence-electron chi connectivity index (χ1n) is 5.23. The van der Waals surface area contributed by atoms with Crippen LogP contribution in [0.1, 0.15) is 39.0 Å². The summed E-state index contributed by atoms with van der Waals surface area (Å²) in [6, 6.07) is 0.285. The molecule has 0 spiro atoms. The quantitative estimate of drug-likeness (QED) is 0.436. The van der Waals surface area contributed by atoms with E-state index in [4.69, 9.17) is 0 Å². The zero-order chi connectivity index (χ0) is 11.3. The molecule has 0 atom stereocenters. The largest absolute Gasteiger partial charge is 0.383 e. The van der Waals surface area contributed by atoms with E-state index in [-0.39, 0.29) is 11.7 Å². The van der Waals surface area contributed by atoms with Gasteiger partial charge in [-0.2, -0.15) is 0 Å². The van der Waals surface area contributed by atoms with Gasteiger partial charge in [-0.15, -0.1) is 0 Å². The van der Waals surface area contributed by atoms with Gasteiger partial charge >= 0.3 is 5.70 Å². The lowest BCUT2D eigenvalue weighted by Gasteiger charge is -2.21. The van der Waals surface area contributed by atoms with Gasteiger partial charge in [0.25, 0.3) is 0 Å². The Bertz CT molecular complexity index is 264. The maximum Gasteiger partial charge on any atom is 0.327 e. The van der Waals surface area contributed by atoms with E-state index in [2.05, 4.69) is 5.32 Å². The number of nitrogens with one attached hydrogen (secondary N) is 1. The summed E-state index contributed by atoms with van der Waals surface area (Å²) in [5.41, 5.74) is -0.361. The summed E-state index contributed by atoms with van der Waals surface area (Å²) in [7, 11) is 0. The number of hydrogen-bond donors (Lipinski definition) is 1. The third-order valence-corrected chi connectivity index (χ3v) is 2.62. The van der Waals surface area contributed by atoms with E-state index in [1.165, 1.54) is 19.5 Å². The van der Waals surface area contributed by atoms with E-state index in [1.54, 1.807) is 0 Å². The van der Waals surface area contributed by atoms with Gasteiger partial charge in [-0.25, -0.2) is 0 Å². The second-order valence-electron chi connectivity index (χ2n) is 3.84. The van der Waals surface area contributed by atoms with Crippen LogP contribution < -0.4 is 5.32 Å². The van der Waals surface area contributed by atoms with Crippen molar-refractivity contribution in [2.45, 2.75) is 45.1 Å². The van der Waals surface area contributed by atoms with Crippen molar-refractivity contribution in [2.75, 3.05) is 0 Å². The van der Waals surface area contributed by atoms with E-state index in [0.717, 1.165) is 25.7 Å². The molecule has 15 heavy (non-hydrogen) atoms. The Morgan fingerprint density at radius 1 is 1.40 bits per heavy atom. The Morgan fingerprint density at radius 2 is 2.00 bits per heavy atom. The van der Waals surface area contributed by atoms with Crippen molar-refractivity contribution < 1.29 is 9.72 Å². The Balaban J connectivity index is 2.52. The minimum absolute atomic E-state index is 0.285. The zero-order valence-corrected chi connectivity index (χ0v) is 8.86. The van der Waals surface area contributed by atoms with Gasteiger partial charge in [0.05, 0.1) is 11.1 Å². The van der Waals surface area contributed by atoms with Gasteiger partial charge in [-0.05, 0) is 12.8 Å². The van der Waals surface area contributed by atoms with E-state index in [9.17, 15) is 14.9 Å². The molecule has 1 aliphatic carbocycles. The predicted octanol–water partition coefficient (Wildman–Crippen LogP) is 1.62. The minimum Gasteiger partial charge on any atom is -0.383 e. The van der Waals surface area contributed by atoms with E-state index in [1.807, 2.05) is 0 Å². The second-order valence-corrected chi connectivity index (χ2v) is 3.84. The summed E-state index contributed by atoms with van der Waals surface area (Å²) in [5.74, 6) is -0.511. The molecule has 0 amide bonds. The number of carbonyl (C=O) groups excluding carboxylic acids is 1. The molecule has 84 valence electrons. The number of nitro groups is 1. The van der Waals surface area contributed by atoms with Crippen LogP contribution in [0, 0.1) is 10.1 Å². The summed E-state index contributed by atoms with van der Waals surface area (Å²) < 4.78 is 0. The van der Waals surface area contributed by atoms with Crippen LogP contribution in [0.5, 0.6) is 0 Å². The van der Waals surface area contributed by atoms with Gasteiger partial charge in [0.15, 0.2) is 0 Å². The maximum absolute atomic E-state index is 10.9. The fourth-order valence-corrected chi connectivity index (χ4v) is 1.75. The second kappa shape index (κ2) is 5.48. The molecule has 5 nitrogen and oxygen atoms in total. The molecule has 5 heteroatoms. The van der Waals surface area contributed by atoms with Crippen LogP contribution in [-0.4, -0.2) is 16.7 Å². The Labute approximate surface area is 88.7 Å². The average molecular weight is 212 g/mol. The van der Waals surface area contributed by atoms with E-state index >= 15 is 0 Å². The van der Waals surface area contributed by atoms with Crippen molar-refractivity contribution in [3.8, 4) is 0 Å². The first kappa shape index (κ1) is 11.7. The zero-order valence-electron chi connectivity index (χ0n) is 8.86. The first-order valence-corrected chi connectivity index (χ1v) is 5.23. The van der Waals surface area contributed by atoms with Gasteiger partial charge in [0, 0.05) is 13.0 Å². The number of carbonyl (C=O) groups is 1. The monoisotopic (exact) mass is 212 g/mol. The maximum atomic E-state index is 10.9. The molecule has 1 aliphatic rings. The summed E-state index contributed by atoms with van der Waals surface area (Å²) in [4.78, 5) is 20.8. The lowest BCUT2D eigenvalue weighted by Crippen LogP contribution is -2.28. The van der Waals surface area contributed by atoms with Crippen molar-refractivity contribution >= 4 is 5.78 Å². The predicted molar refractivity (Wildman–Crippen MR) is 55.8 cm³/mol. The highest BCUT2D eigenvalue weighted by molar-refractivity contribution is 5.90. The van der Waals surface area contributed by atoms with Crippen LogP contribution in [0.25, 0.3) is 0 Å². The normalized spacial score (nSPS) is 18.6. The van der Waals surface area contributed by atoms with Crippen molar-refractivity contribution in [2.24, 2.45) is 0 Å². The molecular formula is C10H16N2O3. The molecule has 1 N–H and O–H groups in total. The third kappa shape index (κ3) is 3.69. The highest BCUT2D eigenvalue weighted by atomic mass is 16.6. The van der Waals surface area contributed by atoms with Crippen LogP contribution >= 0.6 is 0 Å². The van der Waals surface area contributed by atoms with Gasteiger partial charge in [-0.3, -0.25) is 14.9 Å². The minimum atomic E-state index is -0.641. The number of nitrogens with zero attached hydrogens (tertiary/aromatic N) is 1. The number of hydrogen-bond acceptors (Lipinski definition) is 4. The standard InChI is InChI=1S/C10H16N2O3/c1-8(13)10(12(14)15)7-11-9-5-3-2-4-6-9/h7,9,11H,2-6H2,1H3/b10-7+. The average Bonchev–Trinajstić information content (AvgIpc) is 2.18. The fourth-order valence-electron chi connectivity index (χ4n) is 1.75. The van der Waals surface area contributed by atoms with Gasteiger partial charge in [0.1, 0.15) is 0 Å². The van der Waals surface area contributed by atoms with Crippen molar-refractivity contribution in [3.05, 3.63) is 22.0 Å². The summed E-state index contributed by atoms with van der Waals surface area (Å²) >= 11 is 0. The van der Waals surface area contributed by atoms with Crippen molar-refractivity contribution in [3.63, 3.8) is 0 Å². The summed E-state index contributed by atoms with van der Waals surface area (Å²) in [6.45, 7) is 1.21. The molecule has 0 aliphatic heterocycles. The molecule has 0 heterocycles. The molecule has 0 aromatic heterocycles. The third-order valence-electron chi connectivity index (χ3n) is 2.62. The summed E-state index contributed by atoms with van der Waals surface area (Å²) in [5, 5.41) is 13.4. The molecule has 1 fully saturated rings. The van der Waals surface area contributed by atoms with Crippen molar-refractivity contribution in [1.29, 1.82) is 0 Å². The molecule has 0 unspecified atom stereocenters. The Hall–Kier alpha value is -1.39. The topological polar surface area (TPSA) is 72.2 Å². The molecule has 0 radical (unpaired) electrons. The van der Waals surface area contributed by atoms with Crippen LogP contribution in [0.2, 0.25) is 0 Å². The highest BCUT2D eigenvalue weighted by Crippen LogP contribution is 2.17. The number of Topliss-reactive ketones (excluding diaryl/α,β-unsaturated/α-hetero) is 1. The van der Waals surface area contributed by atoms with Crippen LogP contribution in [0.15, 0.2) is 11.9 Å². The fraction of sp³-hybridized carbons (Fsp3) is 0.700. The van der Waals surface area contributed by atoms with E-state index < -0.39 is 10.7 Å². The lowest BCUT2D eigenvalue weighted by atomic mass is 9.96. The van der Waals surface area contributed by atoms with E-state index in [0.29, 0.717) is 0 Å². The molecule has 0 saturated heterocycles. The molecule has 0 bridgehead atoms. The Morgan fingerprint density at radius 3 is 2.47 bits per heavy atom. The SMILES string of the molecule is CC(=O)/C(=C\NC1CCCCC1)[N+](=O)[O-]. The van der Waals surface area contributed by atoms with Crippen LogP contribution in [0.4, 0.5) is 0 Å². The lowest BCUT2D eigenvalue weighted by molar-refractivity contribution is -0.419. The van der Waals surface area contributed by atoms with Crippen LogP contribution in [0.3, 0.4) is 0 Å². The highest BCUT2D eigenvalue weighted by Gasteiger charge is 2.18. The van der Waals surface area contributed by atoms with Gasteiger partial charge < -0.3 is 5.32 Å². The first-order chi connectivity index (χ1) is 7.11. The number of rotatable bonds is 4. The smallest absolute Gasteiger partial charge is 0.327 e. The molecule has 1 saturated carbocycles. The number of ketones is 1. The summed E-state index contributed by atoms with van der Waals surface area (Å²) in [6.07, 6.45) is 6.84. The Kier molecular flexibility index (Phi) is 4.27.